The smallest absolute Gasteiger partial charge is 0.287 e. The number of hydrogen-bond donors (Lipinski definition) is 3. The summed E-state index contributed by atoms with van der Waals surface area (Å²) in [6.45, 7) is 5.89. The minimum absolute atomic E-state index is 0.297. The molecule has 0 unspecified atom stereocenters. The zero-order chi connectivity index (χ0) is 19.5. The van der Waals surface area contributed by atoms with Crippen LogP contribution in [0, 0.1) is 6.92 Å². The first-order valence-corrected chi connectivity index (χ1v) is 8.98. The molecule has 1 heterocycles. The highest BCUT2D eigenvalue weighted by atomic mass is 16.2. The van der Waals surface area contributed by atoms with Crippen molar-refractivity contribution in [1.82, 2.24) is 21.0 Å². The lowest BCUT2D eigenvalue weighted by Crippen LogP contribution is -2.36. The molecule has 4 rings (SSSR count). The van der Waals surface area contributed by atoms with Crippen LogP contribution in [0.2, 0.25) is 0 Å². The molecule has 0 saturated carbocycles. The molecule has 4 aromatic rings. The third-order valence-electron chi connectivity index (χ3n) is 4.71. The van der Waals surface area contributed by atoms with Gasteiger partial charge in [-0.3, -0.25) is 20.7 Å². The van der Waals surface area contributed by atoms with Crippen LogP contribution in [0.25, 0.3) is 27.7 Å². The molecule has 3 aromatic carbocycles. The highest BCUT2D eigenvalue weighted by Crippen LogP contribution is 2.23. The van der Waals surface area contributed by atoms with E-state index in [0.29, 0.717) is 11.4 Å². The van der Waals surface area contributed by atoms with Gasteiger partial charge in [-0.2, -0.15) is 5.10 Å². The van der Waals surface area contributed by atoms with E-state index in [9.17, 15) is 4.79 Å². The molecule has 0 bridgehead atoms. The lowest BCUT2D eigenvalue weighted by Gasteiger charge is -2.12. The van der Waals surface area contributed by atoms with E-state index in [-0.39, 0.29) is 5.91 Å². The number of H-pyrrole nitrogens is 1. The van der Waals surface area contributed by atoms with Gasteiger partial charge in [0, 0.05) is 11.1 Å². The van der Waals surface area contributed by atoms with Gasteiger partial charge in [0.05, 0.1) is 11.4 Å². The lowest BCUT2D eigenvalue weighted by atomic mass is 10.1. The number of aromatic amines is 1. The zero-order valence-electron chi connectivity index (χ0n) is 15.5. The average Bonchev–Trinajstić information content (AvgIpc) is 3.13. The van der Waals surface area contributed by atoms with E-state index >= 15 is 0 Å². The van der Waals surface area contributed by atoms with Gasteiger partial charge in [0.15, 0.2) is 0 Å². The van der Waals surface area contributed by atoms with Crippen LogP contribution in [-0.2, 0) is 0 Å². The van der Waals surface area contributed by atoms with E-state index in [1.165, 1.54) is 0 Å². The second kappa shape index (κ2) is 7.40. The molecule has 0 aliphatic carbocycles. The Bertz CT molecular complexity index is 1160. The summed E-state index contributed by atoms with van der Waals surface area (Å²) in [5.74, 6) is -0.297. The molecule has 28 heavy (non-hydrogen) atoms. The molecule has 5 heteroatoms. The second-order valence-corrected chi connectivity index (χ2v) is 6.56. The van der Waals surface area contributed by atoms with Crippen molar-refractivity contribution < 1.29 is 4.79 Å². The molecule has 0 atom stereocenters. The summed E-state index contributed by atoms with van der Waals surface area (Å²) in [4.78, 5) is 12.6. The van der Waals surface area contributed by atoms with Crippen molar-refractivity contribution in [2.24, 2.45) is 0 Å². The van der Waals surface area contributed by atoms with Crippen molar-refractivity contribution in [2.75, 3.05) is 0 Å². The predicted molar refractivity (Wildman–Crippen MR) is 112 cm³/mol. The molecule has 0 saturated heterocycles. The Kier molecular flexibility index (Phi) is 4.64. The number of aromatic nitrogens is 2. The van der Waals surface area contributed by atoms with Crippen molar-refractivity contribution in [3.63, 3.8) is 0 Å². The van der Waals surface area contributed by atoms with Gasteiger partial charge in [-0.15, -0.1) is 0 Å². The molecular formula is C23H20N4O. The lowest BCUT2D eigenvalue weighted by molar-refractivity contribution is 0.0937. The van der Waals surface area contributed by atoms with Crippen LogP contribution < -0.4 is 10.9 Å². The van der Waals surface area contributed by atoms with Crippen molar-refractivity contribution in [1.29, 1.82) is 0 Å². The fourth-order valence-electron chi connectivity index (χ4n) is 3.14. The molecule has 1 aromatic heterocycles. The van der Waals surface area contributed by atoms with Gasteiger partial charge in [-0.05, 0) is 29.3 Å². The fraction of sp³-hybridized carbons (Fsp3) is 0.0435. The summed E-state index contributed by atoms with van der Waals surface area (Å²) in [5.41, 5.74) is 10.0. The van der Waals surface area contributed by atoms with Gasteiger partial charge in [-0.25, -0.2) is 0 Å². The molecule has 0 fully saturated rings. The molecule has 5 nitrogen and oxygen atoms in total. The predicted octanol–water partition coefficient (Wildman–Crippen LogP) is 4.44. The highest BCUT2D eigenvalue weighted by molar-refractivity contribution is 5.95. The van der Waals surface area contributed by atoms with Crippen molar-refractivity contribution in [2.45, 2.75) is 6.92 Å². The number of nitrogens with zero attached hydrogens (tertiary/aromatic N) is 1. The third kappa shape index (κ3) is 3.38. The van der Waals surface area contributed by atoms with E-state index in [4.69, 9.17) is 0 Å². The standard InChI is InChI=1S/C23H20N4O/c1-15-21(18-9-4-3-5-10-18)25-26-22(15)23(28)27-24-16(2)19-13-12-17-8-6-7-11-20(17)14-19/h3-14,24H,2H2,1H3,(H,25,26)(H,27,28). The molecule has 1 amide bonds. The first-order chi connectivity index (χ1) is 13.6. The molecular weight excluding hydrogens is 348 g/mol. The van der Waals surface area contributed by atoms with Crippen LogP contribution in [0.4, 0.5) is 0 Å². The first kappa shape index (κ1) is 17.5. The van der Waals surface area contributed by atoms with E-state index in [0.717, 1.165) is 33.2 Å². The summed E-state index contributed by atoms with van der Waals surface area (Å²) in [6, 6.07) is 23.9. The number of hydrogen-bond acceptors (Lipinski definition) is 3. The largest absolute Gasteiger partial charge is 0.298 e. The minimum Gasteiger partial charge on any atom is -0.298 e. The number of benzene rings is 3. The Morgan fingerprint density at radius 2 is 1.64 bits per heavy atom. The van der Waals surface area contributed by atoms with Gasteiger partial charge in [0.2, 0.25) is 0 Å². The molecule has 0 aliphatic heterocycles. The number of fused-ring (bicyclic) bond motifs is 1. The van der Waals surface area contributed by atoms with Gasteiger partial charge in [0.1, 0.15) is 5.69 Å². The minimum atomic E-state index is -0.297. The number of hydrazine groups is 1. The molecule has 3 N–H and O–H groups in total. The van der Waals surface area contributed by atoms with Crippen LogP contribution in [0.1, 0.15) is 21.6 Å². The number of amides is 1. The van der Waals surface area contributed by atoms with Crippen molar-refractivity contribution in [3.05, 3.63) is 96.2 Å². The first-order valence-electron chi connectivity index (χ1n) is 8.98. The summed E-state index contributed by atoms with van der Waals surface area (Å²) in [6.07, 6.45) is 0. The van der Waals surface area contributed by atoms with Gasteiger partial charge in [0.25, 0.3) is 5.91 Å². The maximum atomic E-state index is 12.6. The quantitative estimate of drug-likeness (QED) is 0.456. The Balaban J connectivity index is 1.47. The maximum Gasteiger partial charge on any atom is 0.287 e. The number of carbonyl (C=O) groups excluding carboxylic acids is 1. The Morgan fingerprint density at radius 1 is 0.929 bits per heavy atom. The van der Waals surface area contributed by atoms with Crippen LogP contribution >= 0.6 is 0 Å². The molecule has 0 aliphatic rings. The third-order valence-corrected chi connectivity index (χ3v) is 4.71. The summed E-state index contributed by atoms with van der Waals surface area (Å²) < 4.78 is 0. The maximum absolute atomic E-state index is 12.6. The van der Waals surface area contributed by atoms with Gasteiger partial charge < -0.3 is 0 Å². The Hall–Kier alpha value is -3.86. The van der Waals surface area contributed by atoms with E-state index < -0.39 is 0 Å². The van der Waals surface area contributed by atoms with E-state index in [1.807, 2.05) is 73.7 Å². The highest BCUT2D eigenvalue weighted by Gasteiger charge is 2.16. The van der Waals surface area contributed by atoms with Crippen molar-refractivity contribution in [3.8, 4) is 11.3 Å². The Morgan fingerprint density at radius 3 is 2.43 bits per heavy atom. The molecule has 138 valence electrons. The van der Waals surface area contributed by atoms with Gasteiger partial charge >= 0.3 is 0 Å². The average molecular weight is 368 g/mol. The molecule has 0 spiro atoms. The zero-order valence-corrected chi connectivity index (χ0v) is 15.5. The SMILES string of the molecule is C=C(NNC(=O)c1[nH]nc(-c2ccccc2)c1C)c1ccc2ccccc2c1. The normalized spacial score (nSPS) is 10.6. The second-order valence-electron chi connectivity index (χ2n) is 6.56. The monoisotopic (exact) mass is 368 g/mol. The number of nitrogens with one attached hydrogen (secondary N) is 3. The van der Waals surface area contributed by atoms with Crippen molar-refractivity contribution >= 4 is 22.4 Å². The number of carbonyl (C=O) groups is 1. The van der Waals surface area contributed by atoms with E-state index in [2.05, 4.69) is 33.7 Å². The summed E-state index contributed by atoms with van der Waals surface area (Å²) >= 11 is 0. The van der Waals surface area contributed by atoms with Gasteiger partial charge in [-0.1, -0.05) is 73.3 Å². The van der Waals surface area contributed by atoms with E-state index in [1.54, 1.807) is 0 Å². The molecule has 0 radical (unpaired) electrons. The van der Waals surface area contributed by atoms with Crippen LogP contribution in [0.5, 0.6) is 0 Å². The van der Waals surface area contributed by atoms with Crippen LogP contribution in [0.3, 0.4) is 0 Å². The topological polar surface area (TPSA) is 69.8 Å². The summed E-state index contributed by atoms with van der Waals surface area (Å²) in [5, 5.41) is 9.39. The van der Waals surface area contributed by atoms with Crippen LogP contribution in [0.15, 0.2) is 79.4 Å². The summed E-state index contributed by atoms with van der Waals surface area (Å²) in [7, 11) is 0. The fourth-order valence-corrected chi connectivity index (χ4v) is 3.14. The van der Waals surface area contributed by atoms with Crippen LogP contribution in [-0.4, -0.2) is 16.1 Å². The Labute approximate surface area is 163 Å². The number of rotatable bonds is 5.